The second-order valence-corrected chi connectivity index (χ2v) is 9.03. The van der Waals surface area contributed by atoms with Gasteiger partial charge in [-0.3, -0.25) is 4.79 Å². The zero-order chi connectivity index (χ0) is 26.4. The predicted molar refractivity (Wildman–Crippen MR) is 156 cm³/mol. The van der Waals surface area contributed by atoms with Crippen molar-refractivity contribution in [1.82, 2.24) is 0 Å². The molecule has 5 heteroatoms. The second kappa shape index (κ2) is 11.6. The van der Waals surface area contributed by atoms with Gasteiger partial charge in [0.05, 0.1) is 0 Å². The van der Waals surface area contributed by atoms with E-state index < -0.39 is 5.63 Å². The van der Waals surface area contributed by atoms with E-state index in [1.165, 1.54) is 6.08 Å². The molecule has 0 bridgehead atoms. The number of ketones is 1. The first-order valence-corrected chi connectivity index (χ1v) is 12.5. The van der Waals surface area contributed by atoms with Gasteiger partial charge in [-0.1, -0.05) is 54.6 Å². The number of hydrogen-bond donors (Lipinski definition) is 0. The van der Waals surface area contributed by atoms with Crippen LogP contribution in [-0.4, -0.2) is 33.0 Å². The largest absolute Gasteiger partial charge is 0.422 e. The molecule has 5 nitrogen and oxygen atoms in total. The fourth-order valence-corrected chi connectivity index (χ4v) is 4.11. The summed E-state index contributed by atoms with van der Waals surface area (Å²) < 4.78 is 5.50. The third kappa shape index (κ3) is 6.25. The third-order valence-electron chi connectivity index (χ3n) is 6.35. The molecule has 188 valence electrons. The van der Waals surface area contributed by atoms with E-state index in [1.807, 2.05) is 56.6 Å². The van der Waals surface area contributed by atoms with Crippen LogP contribution in [-0.2, 0) is 0 Å². The molecule has 1 aromatic heterocycles. The van der Waals surface area contributed by atoms with E-state index >= 15 is 0 Å². The normalized spacial score (nSPS) is 11.5. The minimum absolute atomic E-state index is 0.0270. The van der Waals surface area contributed by atoms with Gasteiger partial charge in [-0.15, -0.1) is 0 Å². The molecule has 0 aliphatic carbocycles. The zero-order valence-corrected chi connectivity index (χ0v) is 21.8. The lowest BCUT2D eigenvalue weighted by molar-refractivity contribution is 0.104. The van der Waals surface area contributed by atoms with Crippen LogP contribution in [0, 0.1) is 0 Å². The highest BCUT2D eigenvalue weighted by Crippen LogP contribution is 2.22. The Balaban J connectivity index is 1.45. The summed E-state index contributed by atoms with van der Waals surface area (Å²) in [5.74, 6) is -0.381. The van der Waals surface area contributed by atoms with Crippen LogP contribution in [0.25, 0.3) is 29.2 Å². The SMILES string of the molecule is CCN(CC)c1ccc2cc(C(=O)/C=C/c3ccc(/C=C/c4ccc(N(C)C)cc4)cc3)c(=O)oc2c1. The first kappa shape index (κ1) is 25.7. The summed E-state index contributed by atoms with van der Waals surface area (Å²) in [4.78, 5) is 29.6. The molecule has 0 radical (unpaired) electrons. The summed E-state index contributed by atoms with van der Waals surface area (Å²) in [7, 11) is 4.04. The van der Waals surface area contributed by atoms with Gasteiger partial charge in [0, 0.05) is 50.0 Å². The molecular weight excluding hydrogens is 460 g/mol. The highest BCUT2D eigenvalue weighted by atomic mass is 16.4. The Bertz CT molecular complexity index is 1490. The average Bonchev–Trinajstić information content (AvgIpc) is 2.91. The lowest BCUT2D eigenvalue weighted by Crippen LogP contribution is -2.21. The van der Waals surface area contributed by atoms with Gasteiger partial charge in [0.25, 0.3) is 0 Å². The Morgan fingerprint density at radius 2 is 1.30 bits per heavy atom. The lowest BCUT2D eigenvalue weighted by Gasteiger charge is -2.20. The Morgan fingerprint density at radius 1 is 0.757 bits per heavy atom. The first-order chi connectivity index (χ1) is 17.9. The molecule has 0 amide bonds. The number of rotatable bonds is 9. The maximum atomic E-state index is 12.8. The van der Waals surface area contributed by atoms with Crippen LogP contribution >= 0.6 is 0 Å². The molecule has 0 aliphatic rings. The van der Waals surface area contributed by atoms with Crippen molar-refractivity contribution in [2.24, 2.45) is 0 Å². The molecular formula is C32H32N2O3. The number of allylic oxidation sites excluding steroid dienone is 1. The van der Waals surface area contributed by atoms with Crippen LogP contribution in [0.5, 0.6) is 0 Å². The number of benzene rings is 3. The summed E-state index contributed by atoms with van der Waals surface area (Å²) in [6, 6.07) is 23.5. The lowest BCUT2D eigenvalue weighted by atomic mass is 10.1. The molecule has 0 N–H and O–H groups in total. The fraction of sp³-hybridized carbons (Fsp3) is 0.188. The smallest absolute Gasteiger partial charge is 0.347 e. The van der Waals surface area contributed by atoms with Crippen LogP contribution in [0.15, 0.2) is 88.1 Å². The van der Waals surface area contributed by atoms with Crippen molar-refractivity contribution in [3.63, 3.8) is 0 Å². The van der Waals surface area contributed by atoms with Gasteiger partial charge in [0.15, 0.2) is 5.78 Å². The maximum Gasteiger partial charge on any atom is 0.347 e. The van der Waals surface area contributed by atoms with Crippen LogP contribution in [0.3, 0.4) is 0 Å². The molecule has 0 unspecified atom stereocenters. The molecule has 1 heterocycles. The van der Waals surface area contributed by atoms with Gasteiger partial charge in [0.1, 0.15) is 11.1 Å². The maximum absolute atomic E-state index is 12.8. The standard InChI is InChI=1S/C32H32N2O3/c1-5-34(6-2)28-19-16-26-21-29(32(36)37-31(26)22-28)30(35)20-15-24-10-7-23(8-11-24)9-12-25-13-17-27(18-14-25)33(3)4/h7-22H,5-6H2,1-4H3/b12-9+,20-15+. The summed E-state index contributed by atoms with van der Waals surface area (Å²) in [6.07, 6.45) is 7.25. The average molecular weight is 493 g/mol. The minimum atomic E-state index is -0.627. The molecule has 4 aromatic rings. The van der Waals surface area contributed by atoms with E-state index in [1.54, 1.807) is 12.1 Å². The Labute approximate surface area is 218 Å². The number of carbonyl (C=O) groups is 1. The van der Waals surface area contributed by atoms with Crippen LogP contribution in [0.4, 0.5) is 11.4 Å². The molecule has 0 aliphatic heterocycles. The molecule has 37 heavy (non-hydrogen) atoms. The van der Waals surface area contributed by atoms with Crippen LogP contribution in [0.1, 0.15) is 40.9 Å². The quantitative estimate of drug-likeness (QED) is 0.112. The van der Waals surface area contributed by atoms with Gasteiger partial charge in [0.2, 0.25) is 0 Å². The highest BCUT2D eigenvalue weighted by Gasteiger charge is 2.12. The van der Waals surface area contributed by atoms with E-state index in [0.29, 0.717) is 5.58 Å². The number of carbonyl (C=O) groups excluding carboxylic acids is 1. The predicted octanol–water partition coefficient (Wildman–Crippen LogP) is 6.77. The second-order valence-electron chi connectivity index (χ2n) is 9.03. The third-order valence-corrected chi connectivity index (χ3v) is 6.35. The van der Waals surface area contributed by atoms with E-state index in [0.717, 1.165) is 46.5 Å². The highest BCUT2D eigenvalue weighted by molar-refractivity contribution is 6.07. The van der Waals surface area contributed by atoms with Crippen LogP contribution in [0.2, 0.25) is 0 Å². The molecule has 0 saturated heterocycles. The Hall–Kier alpha value is -4.38. The van der Waals surface area contributed by atoms with Gasteiger partial charge in [-0.25, -0.2) is 4.79 Å². The van der Waals surface area contributed by atoms with E-state index in [-0.39, 0.29) is 11.3 Å². The van der Waals surface area contributed by atoms with Crippen molar-refractivity contribution in [3.8, 4) is 0 Å². The molecule has 0 fully saturated rings. The number of hydrogen-bond acceptors (Lipinski definition) is 5. The summed E-state index contributed by atoms with van der Waals surface area (Å²) in [5.41, 5.74) is 5.08. The summed E-state index contributed by atoms with van der Waals surface area (Å²) >= 11 is 0. The van der Waals surface area contributed by atoms with E-state index in [2.05, 4.69) is 60.1 Å². The zero-order valence-electron chi connectivity index (χ0n) is 21.8. The van der Waals surface area contributed by atoms with Crippen molar-refractivity contribution in [3.05, 3.63) is 112 Å². The molecule has 4 rings (SSSR count). The van der Waals surface area contributed by atoms with Gasteiger partial charge in [-0.05, 0) is 66.9 Å². The van der Waals surface area contributed by atoms with Crippen molar-refractivity contribution in [2.75, 3.05) is 37.0 Å². The molecule has 0 atom stereocenters. The fourth-order valence-electron chi connectivity index (χ4n) is 4.11. The van der Waals surface area contributed by atoms with Crippen molar-refractivity contribution in [2.45, 2.75) is 13.8 Å². The van der Waals surface area contributed by atoms with E-state index in [9.17, 15) is 9.59 Å². The number of nitrogens with zero attached hydrogens (tertiary/aromatic N) is 2. The van der Waals surface area contributed by atoms with Crippen molar-refractivity contribution >= 4 is 46.4 Å². The van der Waals surface area contributed by atoms with Crippen molar-refractivity contribution < 1.29 is 9.21 Å². The molecule has 0 saturated carbocycles. The van der Waals surface area contributed by atoms with Crippen molar-refractivity contribution in [1.29, 1.82) is 0 Å². The van der Waals surface area contributed by atoms with E-state index in [4.69, 9.17) is 4.42 Å². The number of fused-ring (bicyclic) bond motifs is 1. The van der Waals surface area contributed by atoms with Crippen LogP contribution < -0.4 is 15.4 Å². The minimum Gasteiger partial charge on any atom is -0.422 e. The topological polar surface area (TPSA) is 53.8 Å². The van der Waals surface area contributed by atoms with Gasteiger partial charge in [-0.2, -0.15) is 0 Å². The Kier molecular flexibility index (Phi) is 8.04. The number of anilines is 2. The molecule has 3 aromatic carbocycles. The Morgan fingerprint density at radius 3 is 1.86 bits per heavy atom. The van der Waals surface area contributed by atoms with Gasteiger partial charge < -0.3 is 14.2 Å². The van der Waals surface area contributed by atoms with Gasteiger partial charge >= 0.3 is 5.63 Å². The summed E-state index contributed by atoms with van der Waals surface area (Å²) in [6.45, 7) is 5.87. The first-order valence-electron chi connectivity index (χ1n) is 12.5. The molecule has 0 spiro atoms. The summed E-state index contributed by atoms with van der Waals surface area (Å²) in [5, 5.41) is 0.722. The monoisotopic (exact) mass is 492 g/mol.